The molecule has 3 rings (SSSR count). The summed E-state index contributed by atoms with van der Waals surface area (Å²) in [7, 11) is 4.77. The number of nitrogens with zero attached hydrogens (tertiary/aromatic N) is 5. The SMILES string of the molecule is COc1nc2cc(Cl)c(Cl)c(-c3nncn3C)c2nc1OC. The molecule has 9 heteroatoms. The van der Waals surface area contributed by atoms with Crippen LogP contribution in [0.1, 0.15) is 0 Å². The fourth-order valence-corrected chi connectivity index (χ4v) is 2.51. The number of hydrogen-bond acceptors (Lipinski definition) is 6. The second kappa shape index (κ2) is 5.58. The Balaban J connectivity index is 2.44. The van der Waals surface area contributed by atoms with E-state index >= 15 is 0 Å². The molecular weight excluding hydrogens is 329 g/mol. The highest BCUT2D eigenvalue weighted by molar-refractivity contribution is 6.45. The van der Waals surface area contributed by atoms with Gasteiger partial charge in [0, 0.05) is 7.05 Å². The van der Waals surface area contributed by atoms with Crippen LogP contribution in [0.4, 0.5) is 0 Å². The molecule has 0 fully saturated rings. The quantitative estimate of drug-likeness (QED) is 0.730. The molecule has 7 nitrogen and oxygen atoms in total. The average Bonchev–Trinajstić information content (AvgIpc) is 2.93. The molecule has 0 atom stereocenters. The fraction of sp³-hybridized carbons (Fsp3) is 0.231. The molecule has 2 aromatic heterocycles. The minimum atomic E-state index is 0.247. The third-order valence-electron chi connectivity index (χ3n) is 3.11. The predicted molar refractivity (Wildman–Crippen MR) is 82.7 cm³/mol. The number of ether oxygens (including phenoxy) is 2. The van der Waals surface area contributed by atoms with Crippen LogP contribution in [0.3, 0.4) is 0 Å². The van der Waals surface area contributed by atoms with Gasteiger partial charge >= 0.3 is 0 Å². The summed E-state index contributed by atoms with van der Waals surface area (Å²) in [5.41, 5.74) is 1.56. The van der Waals surface area contributed by atoms with E-state index in [-0.39, 0.29) is 11.8 Å². The van der Waals surface area contributed by atoms with Gasteiger partial charge in [-0.05, 0) is 6.07 Å². The van der Waals surface area contributed by atoms with Gasteiger partial charge < -0.3 is 14.0 Å². The molecule has 22 heavy (non-hydrogen) atoms. The van der Waals surface area contributed by atoms with Gasteiger partial charge in [-0.1, -0.05) is 23.2 Å². The number of rotatable bonds is 3. The topological polar surface area (TPSA) is 75.0 Å². The Hall–Kier alpha value is -2.12. The van der Waals surface area contributed by atoms with Crippen molar-refractivity contribution in [3.63, 3.8) is 0 Å². The largest absolute Gasteiger partial charge is 0.477 e. The summed E-state index contributed by atoms with van der Waals surface area (Å²) in [4.78, 5) is 8.79. The van der Waals surface area contributed by atoms with E-state index in [4.69, 9.17) is 32.7 Å². The van der Waals surface area contributed by atoms with Gasteiger partial charge in [0.25, 0.3) is 11.8 Å². The van der Waals surface area contributed by atoms with Crippen LogP contribution < -0.4 is 9.47 Å². The summed E-state index contributed by atoms with van der Waals surface area (Å²) in [5, 5.41) is 8.59. The maximum atomic E-state index is 6.35. The third-order valence-corrected chi connectivity index (χ3v) is 3.90. The standard InChI is InChI=1S/C13H11Cl2N5O2/c1-20-5-16-19-11(20)8-9(15)6(14)4-7-10(8)18-13(22-3)12(17-7)21-2/h4-5H,1-3H3. The Bertz CT molecular complexity index is 865. The van der Waals surface area contributed by atoms with Crippen LogP contribution in [0.25, 0.3) is 22.4 Å². The number of methoxy groups -OCH3 is 2. The summed E-state index contributed by atoms with van der Waals surface area (Å²) in [5.74, 6) is 1.04. The molecule has 0 amide bonds. The molecule has 0 unspecified atom stereocenters. The predicted octanol–water partition coefficient (Wildman–Crippen LogP) is 2.75. The molecule has 0 saturated heterocycles. The molecule has 114 valence electrons. The Labute approximate surface area is 135 Å². The van der Waals surface area contributed by atoms with Crippen molar-refractivity contribution in [2.45, 2.75) is 0 Å². The van der Waals surface area contributed by atoms with Gasteiger partial charge in [0.1, 0.15) is 11.8 Å². The summed E-state index contributed by atoms with van der Waals surface area (Å²) < 4.78 is 12.1. The minimum Gasteiger partial charge on any atom is -0.477 e. The van der Waals surface area contributed by atoms with Gasteiger partial charge in [0.15, 0.2) is 5.82 Å². The number of aryl methyl sites for hydroxylation is 1. The smallest absolute Gasteiger partial charge is 0.278 e. The zero-order chi connectivity index (χ0) is 15.9. The van der Waals surface area contributed by atoms with Gasteiger partial charge in [-0.2, -0.15) is 0 Å². The van der Waals surface area contributed by atoms with Crippen molar-refractivity contribution >= 4 is 34.2 Å². The Morgan fingerprint density at radius 1 is 1.09 bits per heavy atom. The van der Waals surface area contributed by atoms with Crippen molar-refractivity contribution in [1.29, 1.82) is 0 Å². The molecule has 0 aliphatic heterocycles. The van der Waals surface area contributed by atoms with Crippen LogP contribution in [-0.2, 0) is 7.05 Å². The molecule has 0 aliphatic carbocycles. The summed E-state index contributed by atoms with van der Waals surface area (Å²) in [6.45, 7) is 0. The van der Waals surface area contributed by atoms with Crippen LogP contribution in [0.15, 0.2) is 12.4 Å². The maximum Gasteiger partial charge on any atom is 0.278 e. The minimum absolute atomic E-state index is 0.247. The van der Waals surface area contributed by atoms with E-state index in [0.29, 0.717) is 32.5 Å². The first-order valence-corrected chi connectivity index (χ1v) is 6.94. The molecule has 1 aromatic carbocycles. The van der Waals surface area contributed by atoms with Crippen molar-refractivity contribution in [3.8, 4) is 23.1 Å². The van der Waals surface area contributed by atoms with Crippen molar-refractivity contribution in [2.75, 3.05) is 14.2 Å². The van der Waals surface area contributed by atoms with E-state index in [2.05, 4.69) is 20.2 Å². The number of fused-ring (bicyclic) bond motifs is 1. The lowest BCUT2D eigenvalue weighted by molar-refractivity contribution is 0.334. The van der Waals surface area contributed by atoms with E-state index < -0.39 is 0 Å². The monoisotopic (exact) mass is 339 g/mol. The first kappa shape index (κ1) is 14.8. The maximum absolute atomic E-state index is 6.35. The Morgan fingerprint density at radius 2 is 1.77 bits per heavy atom. The highest BCUT2D eigenvalue weighted by atomic mass is 35.5. The van der Waals surface area contributed by atoms with Crippen molar-refractivity contribution < 1.29 is 9.47 Å². The van der Waals surface area contributed by atoms with Gasteiger partial charge in [0.05, 0.1) is 35.3 Å². The Morgan fingerprint density at radius 3 is 2.36 bits per heavy atom. The lowest BCUT2D eigenvalue weighted by atomic mass is 10.1. The third kappa shape index (κ3) is 2.22. The molecule has 0 N–H and O–H groups in total. The second-order valence-corrected chi connectivity index (χ2v) is 5.21. The molecule has 0 saturated carbocycles. The second-order valence-electron chi connectivity index (χ2n) is 4.42. The van der Waals surface area contributed by atoms with Gasteiger partial charge in [0.2, 0.25) is 0 Å². The van der Waals surface area contributed by atoms with Crippen LogP contribution in [0.5, 0.6) is 11.8 Å². The van der Waals surface area contributed by atoms with Crippen molar-refractivity contribution in [2.24, 2.45) is 7.05 Å². The van der Waals surface area contributed by atoms with Crippen LogP contribution >= 0.6 is 23.2 Å². The van der Waals surface area contributed by atoms with E-state index in [1.807, 2.05) is 0 Å². The normalized spacial score (nSPS) is 11.0. The van der Waals surface area contributed by atoms with Crippen molar-refractivity contribution in [3.05, 3.63) is 22.4 Å². The summed E-state index contributed by atoms with van der Waals surface area (Å²) in [6.07, 6.45) is 1.56. The Kier molecular flexibility index (Phi) is 3.76. The van der Waals surface area contributed by atoms with Crippen LogP contribution in [0, 0.1) is 0 Å². The zero-order valence-corrected chi connectivity index (χ0v) is 13.5. The first-order valence-electron chi connectivity index (χ1n) is 6.19. The van der Waals surface area contributed by atoms with Crippen LogP contribution in [-0.4, -0.2) is 39.0 Å². The highest BCUT2D eigenvalue weighted by Crippen LogP contribution is 2.39. The number of benzene rings is 1. The van der Waals surface area contributed by atoms with Crippen LogP contribution in [0.2, 0.25) is 10.0 Å². The number of hydrogen-bond donors (Lipinski definition) is 0. The van der Waals surface area contributed by atoms with E-state index in [9.17, 15) is 0 Å². The summed E-state index contributed by atoms with van der Waals surface area (Å²) >= 11 is 12.6. The van der Waals surface area contributed by atoms with Crippen molar-refractivity contribution in [1.82, 2.24) is 24.7 Å². The number of halogens is 2. The van der Waals surface area contributed by atoms with Gasteiger partial charge in [-0.3, -0.25) is 0 Å². The molecule has 0 bridgehead atoms. The van der Waals surface area contributed by atoms with E-state index in [0.717, 1.165) is 0 Å². The average molecular weight is 340 g/mol. The summed E-state index contributed by atoms with van der Waals surface area (Å²) in [6, 6.07) is 1.62. The van der Waals surface area contributed by atoms with E-state index in [1.54, 1.807) is 24.0 Å². The molecular formula is C13H11Cl2N5O2. The molecule has 3 aromatic rings. The lowest BCUT2D eigenvalue weighted by Gasteiger charge is -2.12. The number of aromatic nitrogens is 5. The highest BCUT2D eigenvalue weighted by Gasteiger charge is 2.21. The molecule has 0 spiro atoms. The van der Waals surface area contributed by atoms with Gasteiger partial charge in [-0.25, -0.2) is 9.97 Å². The molecule has 0 aliphatic rings. The van der Waals surface area contributed by atoms with E-state index in [1.165, 1.54) is 14.2 Å². The first-order chi connectivity index (χ1) is 10.6. The van der Waals surface area contributed by atoms with Gasteiger partial charge in [-0.15, -0.1) is 10.2 Å². The zero-order valence-electron chi connectivity index (χ0n) is 12.0. The fourth-order valence-electron chi connectivity index (χ4n) is 2.09. The molecule has 0 radical (unpaired) electrons. The molecule has 2 heterocycles. The lowest BCUT2D eigenvalue weighted by Crippen LogP contribution is -2.01.